The number of nitrogens with one attached hydrogen (secondary N) is 1. The summed E-state index contributed by atoms with van der Waals surface area (Å²) >= 11 is 0. The first kappa shape index (κ1) is 12.3. The fraction of sp³-hybridized carbons (Fsp3) is 1.00. The van der Waals surface area contributed by atoms with E-state index < -0.39 is 5.60 Å². The number of aliphatic hydroxyl groups is 2. The lowest BCUT2D eigenvalue weighted by atomic mass is 9.87. The minimum Gasteiger partial charge on any atom is -0.393 e. The van der Waals surface area contributed by atoms with Gasteiger partial charge >= 0.3 is 0 Å². The SMILES string of the molecule is OC1CCCC(CNCC2(O)CCCC2)C1. The Morgan fingerprint density at radius 2 is 1.88 bits per heavy atom. The van der Waals surface area contributed by atoms with Crippen LogP contribution >= 0.6 is 0 Å². The van der Waals surface area contributed by atoms with Gasteiger partial charge in [0, 0.05) is 6.54 Å². The molecule has 16 heavy (non-hydrogen) atoms. The van der Waals surface area contributed by atoms with Gasteiger partial charge < -0.3 is 15.5 Å². The molecule has 3 heteroatoms. The fourth-order valence-corrected chi connectivity index (χ4v) is 3.17. The zero-order valence-corrected chi connectivity index (χ0v) is 10.1. The summed E-state index contributed by atoms with van der Waals surface area (Å²) in [5.74, 6) is 0.605. The Kier molecular flexibility index (Phi) is 4.22. The molecule has 0 aliphatic heterocycles. The second-order valence-corrected chi connectivity index (χ2v) is 5.75. The molecular formula is C13H25NO2. The lowest BCUT2D eigenvalue weighted by molar-refractivity contribution is 0.0442. The standard InChI is InChI=1S/C13H25NO2/c15-12-5-3-4-11(8-12)9-14-10-13(16)6-1-2-7-13/h11-12,14-16H,1-10H2. The normalized spacial score (nSPS) is 34.1. The monoisotopic (exact) mass is 227 g/mol. The molecule has 2 aliphatic rings. The van der Waals surface area contributed by atoms with Crippen molar-refractivity contribution in [3.8, 4) is 0 Å². The number of hydrogen-bond donors (Lipinski definition) is 3. The third-order valence-corrected chi connectivity index (χ3v) is 4.18. The van der Waals surface area contributed by atoms with Crippen molar-refractivity contribution in [2.24, 2.45) is 5.92 Å². The van der Waals surface area contributed by atoms with Gasteiger partial charge in [0.15, 0.2) is 0 Å². The average molecular weight is 227 g/mol. The topological polar surface area (TPSA) is 52.5 Å². The highest BCUT2D eigenvalue weighted by Crippen LogP contribution is 2.29. The van der Waals surface area contributed by atoms with Crippen molar-refractivity contribution in [2.75, 3.05) is 13.1 Å². The molecule has 2 fully saturated rings. The van der Waals surface area contributed by atoms with Gasteiger partial charge in [0.25, 0.3) is 0 Å². The average Bonchev–Trinajstić information content (AvgIpc) is 2.65. The van der Waals surface area contributed by atoms with E-state index in [4.69, 9.17) is 0 Å². The summed E-state index contributed by atoms with van der Waals surface area (Å²) in [6, 6.07) is 0. The summed E-state index contributed by atoms with van der Waals surface area (Å²) in [5, 5.41) is 23.1. The van der Waals surface area contributed by atoms with E-state index in [0.717, 1.165) is 45.2 Å². The van der Waals surface area contributed by atoms with Crippen LogP contribution in [0, 0.1) is 5.92 Å². The Hall–Kier alpha value is -0.120. The summed E-state index contributed by atoms with van der Waals surface area (Å²) in [5.41, 5.74) is -0.437. The minimum absolute atomic E-state index is 0.0879. The Balaban J connectivity index is 1.63. The van der Waals surface area contributed by atoms with Crippen LogP contribution in [0.15, 0.2) is 0 Å². The molecule has 0 aromatic carbocycles. The van der Waals surface area contributed by atoms with Gasteiger partial charge in [0.2, 0.25) is 0 Å². The van der Waals surface area contributed by atoms with Crippen molar-refractivity contribution in [1.82, 2.24) is 5.32 Å². The lowest BCUT2D eigenvalue weighted by Gasteiger charge is -2.28. The van der Waals surface area contributed by atoms with Crippen molar-refractivity contribution < 1.29 is 10.2 Å². The van der Waals surface area contributed by atoms with Crippen molar-refractivity contribution in [1.29, 1.82) is 0 Å². The number of aliphatic hydroxyl groups excluding tert-OH is 1. The molecule has 0 aromatic heterocycles. The van der Waals surface area contributed by atoms with Crippen LogP contribution in [0.2, 0.25) is 0 Å². The molecule has 2 unspecified atom stereocenters. The molecule has 0 radical (unpaired) electrons. The van der Waals surface area contributed by atoms with Gasteiger partial charge in [-0.25, -0.2) is 0 Å². The molecule has 2 aliphatic carbocycles. The maximum Gasteiger partial charge on any atom is 0.0771 e. The van der Waals surface area contributed by atoms with Gasteiger partial charge in [-0.3, -0.25) is 0 Å². The van der Waals surface area contributed by atoms with Gasteiger partial charge in [0.05, 0.1) is 11.7 Å². The van der Waals surface area contributed by atoms with E-state index in [9.17, 15) is 10.2 Å². The van der Waals surface area contributed by atoms with Crippen LogP contribution in [0.5, 0.6) is 0 Å². The zero-order chi connectivity index (χ0) is 11.4. The Bertz CT molecular complexity index is 214. The van der Waals surface area contributed by atoms with Gasteiger partial charge in [-0.2, -0.15) is 0 Å². The maximum absolute atomic E-state index is 10.2. The summed E-state index contributed by atoms with van der Waals surface area (Å²) in [6.45, 7) is 1.69. The second kappa shape index (κ2) is 5.48. The van der Waals surface area contributed by atoms with Crippen LogP contribution in [-0.4, -0.2) is 35.0 Å². The Morgan fingerprint density at radius 1 is 1.12 bits per heavy atom. The van der Waals surface area contributed by atoms with E-state index in [0.29, 0.717) is 5.92 Å². The van der Waals surface area contributed by atoms with Crippen LogP contribution < -0.4 is 5.32 Å². The van der Waals surface area contributed by atoms with Crippen molar-refractivity contribution in [2.45, 2.75) is 63.1 Å². The van der Waals surface area contributed by atoms with Gasteiger partial charge in [-0.1, -0.05) is 19.3 Å². The first-order valence-electron chi connectivity index (χ1n) is 6.79. The van der Waals surface area contributed by atoms with E-state index in [1.54, 1.807) is 0 Å². The molecule has 2 saturated carbocycles. The van der Waals surface area contributed by atoms with Crippen molar-refractivity contribution in [3.63, 3.8) is 0 Å². The van der Waals surface area contributed by atoms with Crippen molar-refractivity contribution in [3.05, 3.63) is 0 Å². The van der Waals surface area contributed by atoms with Crippen LogP contribution in [0.4, 0.5) is 0 Å². The van der Waals surface area contributed by atoms with Crippen LogP contribution in [0.25, 0.3) is 0 Å². The number of rotatable bonds is 4. The van der Waals surface area contributed by atoms with Gasteiger partial charge in [-0.15, -0.1) is 0 Å². The number of hydrogen-bond acceptors (Lipinski definition) is 3. The van der Waals surface area contributed by atoms with Crippen LogP contribution in [-0.2, 0) is 0 Å². The molecule has 0 aromatic rings. The largest absolute Gasteiger partial charge is 0.393 e. The van der Waals surface area contributed by atoms with E-state index in [2.05, 4.69) is 5.32 Å². The molecule has 3 nitrogen and oxygen atoms in total. The Labute approximate surface area is 98.2 Å². The summed E-state index contributed by atoms with van der Waals surface area (Å²) in [6.07, 6.45) is 8.43. The van der Waals surface area contributed by atoms with E-state index in [1.165, 1.54) is 19.3 Å². The highest BCUT2D eigenvalue weighted by Gasteiger charge is 2.30. The highest BCUT2D eigenvalue weighted by atomic mass is 16.3. The van der Waals surface area contributed by atoms with Gasteiger partial charge in [0.1, 0.15) is 0 Å². The minimum atomic E-state index is -0.437. The molecule has 0 bridgehead atoms. The third-order valence-electron chi connectivity index (χ3n) is 4.18. The molecule has 0 spiro atoms. The lowest BCUT2D eigenvalue weighted by Crippen LogP contribution is -2.40. The van der Waals surface area contributed by atoms with E-state index in [1.807, 2.05) is 0 Å². The van der Waals surface area contributed by atoms with E-state index in [-0.39, 0.29) is 6.10 Å². The molecule has 0 saturated heterocycles. The summed E-state index contributed by atoms with van der Waals surface area (Å²) in [7, 11) is 0. The maximum atomic E-state index is 10.2. The van der Waals surface area contributed by atoms with Gasteiger partial charge in [-0.05, 0) is 44.6 Å². The van der Waals surface area contributed by atoms with E-state index >= 15 is 0 Å². The van der Waals surface area contributed by atoms with Crippen LogP contribution in [0.3, 0.4) is 0 Å². The van der Waals surface area contributed by atoms with Crippen LogP contribution in [0.1, 0.15) is 51.4 Å². The second-order valence-electron chi connectivity index (χ2n) is 5.75. The summed E-state index contributed by atoms with van der Waals surface area (Å²) in [4.78, 5) is 0. The molecule has 2 atom stereocenters. The quantitative estimate of drug-likeness (QED) is 0.681. The Morgan fingerprint density at radius 3 is 2.56 bits per heavy atom. The fourth-order valence-electron chi connectivity index (χ4n) is 3.17. The molecule has 0 heterocycles. The smallest absolute Gasteiger partial charge is 0.0771 e. The molecule has 2 rings (SSSR count). The summed E-state index contributed by atoms with van der Waals surface area (Å²) < 4.78 is 0. The molecule has 94 valence electrons. The predicted octanol–water partition coefficient (Wildman–Crippen LogP) is 1.43. The molecule has 3 N–H and O–H groups in total. The van der Waals surface area contributed by atoms with Crippen molar-refractivity contribution >= 4 is 0 Å². The predicted molar refractivity (Wildman–Crippen MR) is 64.3 cm³/mol. The zero-order valence-electron chi connectivity index (χ0n) is 10.1. The first-order valence-corrected chi connectivity index (χ1v) is 6.79. The third kappa shape index (κ3) is 3.44. The first-order chi connectivity index (χ1) is 7.68. The molecular weight excluding hydrogens is 202 g/mol. The molecule has 0 amide bonds. The highest BCUT2D eigenvalue weighted by molar-refractivity contribution is 4.86.